The quantitative estimate of drug-likeness (QED) is 0.0982. The van der Waals surface area contributed by atoms with Crippen LogP contribution < -0.4 is 15.0 Å². The zero-order valence-corrected chi connectivity index (χ0v) is 23.5. The third-order valence-corrected chi connectivity index (χ3v) is 6.86. The number of furan rings is 1. The highest BCUT2D eigenvalue weighted by Gasteiger charge is 2.17. The molecule has 11 heteroatoms. The largest absolute Gasteiger partial charge is 0.490 e. The van der Waals surface area contributed by atoms with Gasteiger partial charge in [0.15, 0.2) is 17.3 Å². The Morgan fingerprint density at radius 2 is 1.79 bits per heavy atom. The Kier molecular flexibility index (Phi) is 7.59. The number of nitrogens with zero attached hydrogens (tertiary/aromatic N) is 4. The van der Waals surface area contributed by atoms with E-state index in [1.807, 2.05) is 43.3 Å². The Bertz CT molecular complexity index is 2030. The van der Waals surface area contributed by atoms with Crippen LogP contribution in [0.4, 0.5) is 5.69 Å². The monoisotopic (exact) mass is 594 g/mol. The van der Waals surface area contributed by atoms with Crippen LogP contribution in [0.15, 0.2) is 105 Å². The van der Waals surface area contributed by atoms with E-state index in [0.717, 1.165) is 10.9 Å². The third kappa shape index (κ3) is 5.68. The molecule has 0 aliphatic rings. The van der Waals surface area contributed by atoms with Gasteiger partial charge in [0.25, 0.3) is 11.2 Å². The maximum absolute atomic E-state index is 13.6. The highest BCUT2D eigenvalue weighted by Crippen LogP contribution is 2.37. The van der Waals surface area contributed by atoms with Crippen LogP contribution in [0.3, 0.4) is 0 Å². The summed E-state index contributed by atoms with van der Waals surface area (Å²) >= 11 is 6.61. The number of aromatic nitrogens is 2. The first-order chi connectivity index (χ1) is 20.9. The van der Waals surface area contributed by atoms with Crippen LogP contribution in [0.5, 0.6) is 11.5 Å². The zero-order valence-electron chi connectivity index (χ0n) is 22.8. The number of hydrogen-bond acceptors (Lipinski definition) is 8. The number of hydrogen-bond donors (Lipinski definition) is 0. The van der Waals surface area contributed by atoms with Gasteiger partial charge in [0.2, 0.25) is 5.82 Å². The smallest absolute Gasteiger partial charge is 0.282 e. The highest BCUT2D eigenvalue weighted by atomic mass is 35.5. The number of non-ortho nitro benzene ring substituents is 1. The van der Waals surface area contributed by atoms with Crippen molar-refractivity contribution in [2.24, 2.45) is 5.10 Å². The molecule has 0 fully saturated rings. The summed E-state index contributed by atoms with van der Waals surface area (Å²) < 4.78 is 19.0. The lowest BCUT2D eigenvalue weighted by atomic mass is 10.2. The molecular weight excluding hydrogens is 572 g/mol. The molecule has 6 aromatic rings. The topological polar surface area (TPSA) is 122 Å². The summed E-state index contributed by atoms with van der Waals surface area (Å²) in [5, 5.41) is 17.0. The maximum atomic E-state index is 13.6. The van der Waals surface area contributed by atoms with Gasteiger partial charge in [-0.3, -0.25) is 14.9 Å². The van der Waals surface area contributed by atoms with E-state index < -0.39 is 4.92 Å². The van der Waals surface area contributed by atoms with Crippen LogP contribution in [-0.2, 0) is 6.61 Å². The van der Waals surface area contributed by atoms with Crippen molar-refractivity contribution >= 4 is 45.4 Å². The van der Waals surface area contributed by atoms with Crippen LogP contribution in [-0.4, -0.2) is 27.4 Å². The average Bonchev–Trinajstić information content (AvgIpc) is 3.45. The lowest BCUT2D eigenvalue weighted by molar-refractivity contribution is -0.384. The van der Waals surface area contributed by atoms with Gasteiger partial charge in [-0.25, -0.2) is 4.98 Å². The highest BCUT2D eigenvalue weighted by molar-refractivity contribution is 6.32. The minimum Gasteiger partial charge on any atom is -0.490 e. The van der Waals surface area contributed by atoms with Gasteiger partial charge in [-0.05, 0) is 66.6 Å². The molecule has 6 rings (SSSR count). The number of nitro benzene ring substituents is 1. The predicted octanol–water partition coefficient (Wildman–Crippen LogP) is 7.23. The molecule has 0 N–H and O–H groups in total. The van der Waals surface area contributed by atoms with Crippen LogP contribution in [0.25, 0.3) is 33.5 Å². The van der Waals surface area contributed by atoms with Crippen molar-refractivity contribution in [1.29, 1.82) is 0 Å². The van der Waals surface area contributed by atoms with Crippen LogP contribution >= 0.6 is 11.6 Å². The normalized spacial score (nSPS) is 11.4. The fraction of sp³-hybridized carbons (Fsp3) is 0.0938. The summed E-state index contributed by atoms with van der Waals surface area (Å²) in [5.74, 6) is 1.32. The molecule has 2 aromatic heterocycles. The number of nitro groups is 1. The second kappa shape index (κ2) is 11.8. The van der Waals surface area contributed by atoms with E-state index in [1.165, 1.54) is 23.0 Å². The minimum atomic E-state index is -0.462. The molecule has 0 saturated carbocycles. The van der Waals surface area contributed by atoms with E-state index in [0.29, 0.717) is 45.9 Å². The van der Waals surface area contributed by atoms with E-state index in [2.05, 4.69) is 5.10 Å². The van der Waals surface area contributed by atoms with Gasteiger partial charge in [-0.2, -0.15) is 9.78 Å². The SMILES string of the molecule is CCOc1cc(C=Nn2c(-c3cc4ccccc4o3)nc3ccccc3c2=O)cc(Cl)c1OCc1ccc([N+](=O)[O-])cc1. The molecule has 0 bridgehead atoms. The van der Waals surface area contributed by atoms with Crippen molar-refractivity contribution < 1.29 is 18.8 Å². The number of rotatable bonds is 9. The van der Waals surface area contributed by atoms with Crippen molar-refractivity contribution in [1.82, 2.24) is 9.66 Å². The maximum Gasteiger partial charge on any atom is 0.282 e. The van der Waals surface area contributed by atoms with E-state index in [-0.39, 0.29) is 28.7 Å². The van der Waals surface area contributed by atoms with Crippen molar-refractivity contribution in [3.8, 4) is 23.1 Å². The van der Waals surface area contributed by atoms with E-state index in [4.69, 9.17) is 30.5 Å². The van der Waals surface area contributed by atoms with Gasteiger partial charge in [0, 0.05) is 17.5 Å². The summed E-state index contributed by atoms with van der Waals surface area (Å²) in [6, 6.07) is 25.8. The Labute approximate surface area is 249 Å². The number of halogens is 1. The first-order valence-electron chi connectivity index (χ1n) is 13.3. The van der Waals surface area contributed by atoms with E-state index in [1.54, 1.807) is 42.5 Å². The summed E-state index contributed by atoms with van der Waals surface area (Å²) in [5.41, 5.74) is 2.07. The second-order valence-electron chi connectivity index (χ2n) is 9.44. The molecule has 0 spiro atoms. The van der Waals surface area contributed by atoms with Crippen LogP contribution in [0.2, 0.25) is 5.02 Å². The predicted molar refractivity (Wildman–Crippen MR) is 164 cm³/mol. The van der Waals surface area contributed by atoms with Gasteiger partial charge in [0.05, 0.1) is 33.7 Å². The molecule has 10 nitrogen and oxygen atoms in total. The Morgan fingerprint density at radius 1 is 1.02 bits per heavy atom. The molecule has 2 heterocycles. The zero-order chi connectivity index (χ0) is 29.9. The number of fused-ring (bicyclic) bond motifs is 2. The molecule has 0 saturated heterocycles. The van der Waals surface area contributed by atoms with Gasteiger partial charge in [-0.1, -0.05) is 41.9 Å². The Balaban J connectivity index is 1.36. The summed E-state index contributed by atoms with van der Waals surface area (Å²) in [6.45, 7) is 2.29. The fourth-order valence-electron chi connectivity index (χ4n) is 4.54. The van der Waals surface area contributed by atoms with Crippen molar-refractivity contribution in [3.63, 3.8) is 0 Å². The molecule has 4 aromatic carbocycles. The van der Waals surface area contributed by atoms with Gasteiger partial charge >= 0.3 is 0 Å². The third-order valence-electron chi connectivity index (χ3n) is 6.58. The lowest BCUT2D eigenvalue weighted by Gasteiger charge is -2.14. The van der Waals surface area contributed by atoms with E-state index in [9.17, 15) is 14.9 Å². The second-order valence-corrected chi connectivity index (χ2v) is 9.84. The molecule has 214 valence electrons. The number of para-hydroxylation sites is 2. The van der Waals surface area contributed by atoms with Gasteiger partial charge in [0.1, 0.15) is 12.2 Å². The molecule has 0 unspecified atom stereocenters. The van der Waals surface area contributed by atoms with Crippen molar-refractivity contribution in [3.05, 3.63) is 128 Å². The molecule has 43 heavy (non-hydrogen) atoms. The fourth-order valence-corrected chi connectivity index (χ4v) is 4.82. The standard InChI is InChI=1S/C32H23ClN4O6/c1-2-41-28-16-21(15-25(33)30(28)42-19-20-11-13-23(14-12-20)37(39)40)18-34-36-31(29-17-22-7-3-6-10-27(22)43-29)35-26-9-5-4-8-24(26)32(36)38/h3-18H,2,19H2,1H3. The lowest BCUT2D eigenvalue weighted by Crippen LogP contribution is -2.20. The molecule has 0 amide bonds. The van der Waals surface area contributed by atoms with Crippen LogP contribution in [0.1, 0.15) is 18.1 Å². The Hall–Kier alpha value is -5.48. The first kappa shape index (κ1) is 27.7. The Morgan fingerprint density at radius 3 is 2.56 bits per heavy atom. The van der Waals surface area contributed by atoms with E-state index >= 15 is 0 Å². The first-order valence-corrected chi connectivity index (χ1v) is 13.7. The van der Waals surface area contributed by atoms with Gasteiger partial charge < -0.3 is 13.9 Å². The molecule has 0 atom stereocenters. The summed E-state index contributed by atoms with van der Waals surface area (Å²) in [4.78, 5) is 28.8. The molecule has 0 aliphatic heterocycles. The van der Waals surface area contributed by atoms with Crippen molar-refractivity contribution in [2.45, 2.75) is 13.5 Å². The molecular formula is C32H23ClN4O6. The molecule has 0 aliphatic carbocycles. The number of ether oxygens (including phenoxy) is 2. The van der Waals surface area contributed by atoms with Gasteiger partial charge in [-0.15, -0.1) is 0 Å². The van der Waals surface area contributed by atoms with Crippen LogP contribution in [0, 0.1) is 10.1 Å². The molecule has 0 radical (unpaired) electrons. The summed E-state index contributed by atoms with van der Waals surface area (Å²) in [7, 11) is 0. The minimum absolute atomic E-state index is 0.00960. The number of benzene rings is 4. The van der Waals surface area contributed by atoms with Crippen molar-refractivity contribution in [2.75, 3.05) is 6.61 Å². The summed E-state index contributed by atoms with van der Waals surface area (Å²) in [6.07, 6.45) is 1.48. The average molecular weight is 595 g/mol.